The maximum atomic E-state index is 14.6. The standard InChI is InChI=1S/C120H144O20/c1-13-117(81-41-69-42-82(117)62-113(5,57-69)61-81)137-37-33-133-109(125)77-25-17-73(18-26-77)105-89-49-94(102(130-10)53-97(89)121)107(75-21-29-79(30-22-75)111(127)135-35-39-139-119(15-3)85-45-71-46-86(119)66-115(7,59-71)65-85)91-51-96(104(132-12)55-99(91)123)108(76-23-31-80(32-24-76)112(128)136-36-40-140-120(16-4)87-47-72-48-88(120)68-116(8,60-72)67-87)92-52-95(103(131-11)56-100(92)124)106(90-50-93(105)101(129-9)54-98(90)122)74-19-27-78(28-20-74)110(126)134-34-38-138-118(14-2)83-43-70-44-84(118)64-114(6,58-70)63-83/h17-32,49-56,69-72,81-88,105-108,121-124H,13-16,33-48,57-68H2,1-12H3. The first-order valence-electron chi connectivity index (χ1n) is 52.7. The van der Waals surface area contributed by atoms with Gasteiger partial charge in [-0.25, -0.2) is 19.2 Å². The van der Waals surface area contributed by atoms with Crippen LogP contribution in [0.25, 0.3) is 0 Å². The van der Waals surface area contributed by atoms with Crippen LogP contribution in [0.3, 0.4) is 0 Å². The molecule has 744 valence electrons. The molecular weight excluding hydrogens is 1760 g/mol. The van der Waals surface area contributed by atoms with Gasteiger partial charge in [0.2, 0.25) is 0 Å². The highest BCUT2D eigenvalue weighted by Gasteiger charge is 2.65. The van der Waals surface area contributed by atoms with E-state index in [9.17, 15) is 39.6 Å². The van der Waals surface area contributed by atoms with E-state index in [1.54, 1.807) is 48.5 Å². The summed E-state index contributed by atoms with van der Waals surface area (Å²) in [7, 11) is 6.02. The van der Waals surface area contributed by atoms with Crippen LogP contribution in [0, 0.1) is 92.7 Å². The Balaban J connectivity index is 0.674. The molecule has 0 amide bonds. The molecule has 0 aliphatic heterocycles. The van der Waals surface area contributed by atoms with Gasteiger partial charge in [0.1, 0.15) is 72.4 Å². The van der Waals surface area contributed by atoms with Crippen molar-refractivity contribution in [1.82, 2.24) is 0 Å². The van der Waals surface area contributed by atoms with Gasteiger partial charge in [-0.2, -0.15) is 0 Å². The fraction of sp³-hybridized carbons (Fsp3) is 0.567. The molecule has 20 nitrogen and oxygen atoms in total. The molecule has 8 aromatic rings. The summed E-state index contributed by atoms with van der Waals surface area (Å²) in [6, 6.07) is 41.7. The average Bonchev–Trinajstić information content (AvgIpc) is 0.722. The third-order valence-electron chi connectivity index (χ3n) is 38.4. The third kappa shape index (κ3) is 16.8. The van der Waals surface area contributed by atoms with Gasteiger partial charge >= 0.3 is 23.9 Å². The minimum atomic E-state index is -1.06. The Morgan fingerprint density at radius 1 is 0.257 bits per heavy atom. The number of hydrogen-bond donors (Lipinski definition) is 4. The first-order chi connectivity index (χ1) is 67.4. The van der Waals surface area contributed by atoms with Crippen molar-refractivity contribution in [2.45, 2.75) is 256 Å². The molecule has 0 spiro atoms. The number of benzene rings is 8. The van der Waals surface area contributed by atoms with Crippen molar-refractivity contribution in [3.05, 3.63) is 235 Å². The van der Waals surface area contributed by atoms with Gasteiger partial charge in [0.15, 0.2) is 0 Å². The second kappa shape index (κ2) is 37.2. The minimum absolute atomic E-state index is 0.0511. The van der Waals surface area contributed by atoms with Crippen molar-refractivity contribution < 1.29 is 96.4 Å². The maximum absolute atomic E-state index is 14.6. The van der Waals surface area contributed by atoms with Crippen molar-refractivity contribution in [3.63, 3.8) is 0 Å². The number of esters is 4. The molecule has 16 fully saturated rings. The predicted molar refractivity (Wildman–Crippen MR) is 532 cm³/mol. The first kappa shape index (κ1) is 96.0. The molecule has 4 N–H and O–H groups in total. The fourth-order valence-electron chi connectivity index (χ4n) is 33.6. The molecule has 20 heteroatoms. The maximum Gasteiger partial charge on any atom is 0.338 e. The van der Waals surface area contributed by atoms with E-state index in [1.165, 1.54) is 130 Å². The zero-order valence-electron chi connectivity index (χ0n) is 84.0. The van der Waals surface area contributed by atoms with E-state index in [2.05, 4.69) is 55.4 Å². The summed E-state index contributed by atoms with van der Waals surface area (Å²) in [4.78, 5) is 58.4. The molecule has 17 aliphatic rings. The van der Waals surface area contributed by atoms with Gasteiger partial charge in [-0.05, 0) is 342 Å². The number of methoxy groups -OCH3 is 4. The van der Waals surface area contributed by atoms with Crippen LogP contribution in [0.5, 0.6) is 46.0 Å². The summed E-state index contributed by atoms with van der Waals surface area (Å²) in [5.74, 6) is 0.148. The van der Waals surface area contributed by atoms with Gasteiger partial charge in [0, 0.05) is 92.4 Å². The van der Waals surface area contributed by atoms with Crippen molar-refractivity contribution in [2.75, 3.05) is 81.3 Å². The summed E-state index contributed by atoms with van der Waals surface area (Å²) in [6.45, 7) is 20.0. The van der Waals surface area contributed by atoms with Gasteiger partial charge in [-0.3, -0.25) is 0 Å². The number of rotatable bonds is 32. The highest BCUT2D eigenvalue weighted by molar-refractivity contribution is 5.91. The van der Waals surface area contributed by atoms with Gasteiger partial charge < -0.3 is 77.3 Å². The van der Waals surface area contributed by atoms with Crippen LogP contribution in [-0.4, -0.2) is 148 Å². The number of ether oxygens (including phenoxy) is 12. The molecule has 12 unspecified atom stereocenters. The molecule has 16 saturated carbocycles. The number of phenolic OH excluding ortho intramolecular Hbond substituents is 4. The highest BCUT2D eigenvalue weighted by atomic mass is 16.6. The lowest BCUT2D eigenvalue weighted by molar-refractivity contribution is -0.227. The lowest BCUT2D eigenvalue weighted by Gasteiger charge is -2.64. The number of fused-ring (bicyclic) bond motifs is 8. The number of carbonyl (C=O) groups is 4. The fourth-order valence-corrected chi connectivity index (χ4v) is 33.6. The monoisotopic (exact) mass is 1910 g/mol. The smallest absolute Gasteiger partial charge is 0.338 e. The lowest BCUT2D eigenvalue weighted by atomic mass is 9.44. The van der Waals surface area contributed by atoms with E-state index in [0.29, 0.717) is 136 Å². The third-order valence-corrected chi connectivity index (χ3v) is 38.4. The zero-order valence-corrected chi connectivity index (χ0v) is 84.0. The molecule has 8 aromatic carbocycles. The van der Waals surface area contributed by atoms with E-state index in [-0.39, 0.29) is 144 Å². The number of phenols is 4. The van der Waals surface area contributed by atoms with Gasteiger partial charge in [0.05, 0.1) is 99.5 Å². The quantitative estimate of drug-likeness (QED) is 0.0173. The molecule has 0 aromatic heterocycles. The first-order valence-corrected chi connectivity index (χ1v) is 52.7. The molecular formula is C120H144O20. The van der Waals surface area contributed by atoms with Crippen LogP contribution in [-0.2, 0) is 37.9 Å². The van der Waals surface area contributed by atoms with E-state index < -0.39 is 47.5 Å². The van der Waals surface area contributed by atoms with Crippen molar-refractivity contribution in [1.29, 1.82) is 0 Å². The van der Waals surface area contributed by atoms with E-state index >= 15 is 0 Å². The Hall–Kier alpha value is -10.1. The number of hydrogen-bond acceptors (Lipinski definition) is 20. The number of aromatic hydroxyl groups is 4. The Morgan fingerprint density at radius 2 is 0.436 bits per heavy atom. The highest BCUT2D eigenvalue weighted by Crippen LogP contribution is 2.71. The van der Waals surface area contributed by atoms with Crippen LogP contribution in [0.4, 0.5) is 0 Å². The van der Waals surface area contributed by atoms with Crippen molar-refractivity contribution in [2.24, 2.45) is 92.7 Å². The largest absolute Gasteiger partial charge is 0.507 e. The SMILES string of the molecule is CCC1(OCCOC(=O)c2ccc(C3c4cc(c(OC)cc4O)C(c4ccc(C(=O)OCCOC5(CC)C6CC7CC5CC(C)(C7)C6)cc4)c4cc(c(OC)cc4O)C(c4ccc(C(=O)OCCOC5(CC)C6CC7CC5CC(C)(C7)C6)cc4)c4cc(c(OC)cc4O)C(c4ccc(C(=O)OCCOC5(CC)C6CC7CC5CC(C)(C7)C6)cc4)c4cc3c(OC)cc4O)cc2)C2CC3CC1CC(C)(C3)C2. The summed E-state index contributed by atoms with van der Waals surface area (Å²) >= 11 is 0. The van der Waals surface area contributed by atoms with E-state index in [4.69, 9.17) is 56.8 Å². The predicted octanol–water partition coefficient (Wildman–Crippen LogP) is 24.3. The second-order valence-electron chi connectivity index (χ2n) is 46.6. The molecule has 0 radical (unpaired) electrons. The van der Waals surface area contributed by atoms with Crippen LogP contribution >= 0.6 is 0 Å². The van der Waals surface area contributed by atoms with Crippen molar-refractivity contribution >= 4 is 23.9 Å². The molecule has 0 heterocycles. The molecule has 25 rings (SSSR count). The molecule has 140 heavy (non-hydrogen) atoms. The summed E-state index contributed by atoms with van der Waals surface area (Å²) < 4.78 is 78.3. The second-order valence-corrected chi connectivity index (χ2v) is 46.6. The molecule has 12 atom stereocenters. The van der Waals surface area contributed by atoms with Crippen LogP contribution in [0.2, 0.25) is 0 Å². The van der Waals surface area contributed by atoms with E-state index in [0.717, 1.165) is 101 Å². The lowest BCUT2D eigenvalue weighted by Crippen LogP contribution is -2.61. The zero-order chi connectivity index (χ0) is 97.5. The Labute approximate surface area is 825 Å². The Morgan fingerprint density at radius 3 is 0.593 bits per heavy atom. The van der Waals surface area contributed by atoms with Gasteiger partial charge in [0.25, 0.3) is 0 Å². The van der Waals surface area contributed by atoms with Gasteiger partial charge in [-0.1, -0.05) is 104 Å². The normalized spacial score (nSPS) is 33.9. The van der Waals surface area contributed by atoms with Crippen LogP contribution in [0.15, 0.2) is 146 Å². The number of carbonyl (C=O) groups excluding carboxylic acids is 4. The Bertz CT molecular complexity index is 5200. The Kier molecular flexibility index (Phi) is 25.5. The summed E-state index contributed by atoms with van der Waals surface area (Å²) in [5.41, 5.74) is 6.57. The van der Waals surface area contributed by atoms with Gasteiger partial charge in [-0.15, -0.1) is 0 Å². The summed E-state index contributed by atoms with van der Waals surface area (Å²) in [6.07, 6.45) is 27.4. The minimum Gasteiger partial charge on any atom is -0.507 e. The average molecular weight is 1910 g/mol. The van der Waals surface area contributed by atoms with E-state index in [1.807, 2.05) is 72.8 Å². The topological polar surface area (TPSA) is 260 Å². The van der Waals surface area contributed by atoms with Crippen molar-refractivity contribution in [3.8, 4) is 46.0 Å². The van der Waals surface area contributed by atoms with Crippen LogP contribution in [0.1, 0.15) is 341 Å². The molecule has 24 bridgehead atoms. The molecule has 0 saturated heterocycles. The molecule has 17 aliphatic carbocycles. The summed E-state index contributed by atoms with van der Waals surface area (Å²) in [5, 5.41) is 53.4. The van der Waals surface area contributed by atoms with Crippen LogP contribution < -0.4 is 18.9 Å².